The topological polar surface area (TPSA) is 24.5 Å². The number of rotatable bonds is 4. The zero-order chi connectivity index (χ0) is 13.1. The average Bonchev–Trinajstić information content (AvgIpc) is 2.87. The smallest absolute Gasteiger partial charge is 0.122 e. The van der Waals surface area contributed by atoms with Gasteiger partial charge in [-0.05, 0) is 56.6 Å². The van der Waals surface area contributed by atoms with Crippen LogP contribution in [0.1, 0.15) is 23.1 Å². The molecule has 1 heterocycles. The van der Waals surface area contributed by atoms with E-state index in [1.54, 1.807) is 7.11 Å². The van der Waals surface area contributed by atoms with Crippen LogP contribution in [0.4, 0.5) is 0 Å². The largest absolute Gasteiger partial charge is 0.496 e. The van der Waals surface area contributed by atoms with Gasteiger partial charge in [0, 0.05) is 19.1 Å². The summed E-state index contributed by atoms with van der Waals surface area (Å²) in [6.45, 7) is 7.56. The molecule has 100 valence electrons. The summed E-state index contributed by atoms with van der Waals surface area (Å²) in [7, 11) is 3.95. The minimum atomic E-state index is 0.673. The maximum atomic E-state index is 5.36. The molecule has 18 heavy (non-hydrogen) atoms. The van der Waals surface area contributed by atoms with Crippen molar-refractivity contribution in [3.05, 3.63) is 28.8 Å². The average molecular weight is 248 g/mol. The van der Waals surface area contributed by atoms with Crippen LogP contribution in [0.2, 0.25) is 0 Å². The maximum absolute atomic E-state index is 5.36. The van der Waals surface area contributed by atoms with Crippen LogP contribution < -0.4 is 10.1 Å². The molecule has 0 saturated carbocycles. The van der Waals surface area contributed by atoms with Crippen LogP contribution in [0.5, 0.6) is 5.75 Å². The quantitative estimate of drug-likeness (QED) is 0.883. The molecule has 3 heteroatoms. The lowest BCUT2D eigenvalue weighted by atomic mass is 10.0. The Morgan fingerprint density at radius 3 is 2.72 bits per heavy atom. The first kappa shape index (κ1) is 13.4. The van der Waals surface area contributed by atoms with Crippen LogP contribution in [-0.4, -0.2) is 38.2 Å². The van der Waals surface area contributed by atoms with Crippen molar-refractivity contribution in [3.8, 4) is 5.75 Å². The third kappa shape index (κ3) is 2.85. The highest BCUT2D eigenvalue weighted by atomic mass is 16.5. The van der Waals surface area contributed by atoms with Gasteiger partial charge in [-0.25, -0.2) is 0 Å². The number of nitrogens with one attached hydrogen (secondary N) is 1. The third-order valence-corrected chi connectivity index (χ3v) is 3.93. The Bertz CT molecular complexity index is 411. The van der Waals surface area contributed by atoms with Gasteiger partial charge in [0.1, 0.15) is 5.75 Å². The second kappa shape index (κ2) is 5.72. The van der Waals surface area contributed by atoms with Gasteiger partial charge in [-0.1, -0.05) is 6.07 Å². The summed E-state index contributed by atoms with van der Waals surface area (Å²) in [4.78, 5) is 2.45. The molecule has 1 aliphatic heterocycles. The maximum Gasteiger partial charge on any atom is 0.122 e. The van der Waals surface area contributed by atoms with E-state index in [0.29, 0.717) is 6.04 Å². The fourth-order valence-electron chi connectivity index (χ4n) is 2.65. The highest BCUT2D eigenvalue weighted by molar-refractivity contribution is 5.41. The van der Waals surface area contributed by atoms with Gasteiger partial charge in [-0.3, -0.25) is 4.90 Å². The zero-order valence-electron chi connectivity index (χ0n) is 11.9. The van der Waals surface area contributed by atoms with Crippen LogP contribution >= 0.6 is 0 Å². The van der Waals surface area contributed by atoms with Crippen LogP contribution in [0.15, 0.2) is 12.1 Å². The molecule has 1 aromatic rings. The Morgan fingerprint density at radius 2 is 2.11 bits per heavy atom. The van der Waals surface area contributed by atoms with Gasteiger partial charge in [0.15, 0.2) is 0 Å². The molecule has 0 spiro atoms. The Hall–Kier alpha value is -1.06. The van der Waals surface area contributed by atoms with Gasteiger partial charge in [-0.2, -0.15) is 0 Å². The van der Waals surface area contributed by atoms with Gasteiger partial charge < -0.3 is 10.1 Å². The first-order valence-electron chi connectivity index (χ1n) is 6.67. The number of aryl methyl sites for hydroxylation is 2. The first-order valence-corrected chi connectivity index (χ1v) is 6.67. The van der Waals surface area contributed by atoms with Gasteiger partial charge in [0.25, 0.3) is 0 Å². The predicted molar refractivity (Wildman–Crippen MR) is 75.2 cm³/mol. The number of hydrogen-bond donors (Lipinski definition) is 1. The lowest BCUT2D eigenvalue weighted by Gasteiger charge is -2.24. The summed E-state index contributed by atoms with van der Waals surface area (Å²) >= 11 is 0. The third-order valence-electron chi connectivity index (χ3n) is 3.93. The van der Waals surface area contributed by atoms with E-state index >= 15 is 0 Å². The molecule has 1 N–H and O–H groups in total. The minimum Gasteiger partial charge on any atom is -0.496 e. The molecule has 1 atom stereocenters. The second-order valence-electron chi connectivity index (χ2n) is 5.31. The van der Waals surface area contributed by atoms with Gasteiger partial charge >= 0.3 is 0 Å². The van der Waals surface area contributed by atoms with E-state index < -0.39 is 0 Å². The fraction of sp³-hybridized carbons (Fsp3) is 0.600. The van der Waals surface area contributed by atoms with E-state index in [9.17, 15) is 0 Å². The van der Waals surface area contributed by atoms with Gasteiger partial charge in [-0.15, -0.1) is 0 Å². The molecular weight excluding hydrogens is 224 g/mol. The molecule has 1 aromatic carbocycles. The molecule has 0 aliphatic carbocycles. The second-order valence-corrected chi connectivity index (χ2v) is 5.31. The molecule has 0 radical (unpaired) electrons. The van der Waals surface area contributed by atoms with E-state index in [4.69, 9.17) is 4.74 Å². The summed E-state index contributed by atoms with van der Waals surface area (Å²) in [6.07, 6.45) is 1.25. The Labute approximate surface area is 110 Å². The molecule has 0 aromatic heterocycles. The lowest BCUT2D eigenvalue weighted by Crippen LogP contribution is -2.33. The summed E-state index contributed by atoms with van der Waals surface area (Å²) in [5, 5.41) is 3.42. The Morgan fingerprint density at radius 1 is 1.33 bits per heavy atom. The standard InChI is InChI=1S/C15H24N2O/c1-11-8-15(18-4)12(2)7-13(11)10-17(3)14-5-6-16-9-14/h7-8,14,16H,5-6,9-10H2,1-4H3. The molecule has 1 aliphatic rings. The van der Waals surface area contributed by atoms with Crippen molar-refractivity contribution >= 4 is 0 Å². The Balaban J connectivity index is 2.10. The van der Waals surface area contributed by atoms with Crippen molar-refractivity contribution in [1.29, 1.82) is 0 Å². The van der Waals surface area contributed by atoms with Crippen LogP contribution in [0.25, 0.3) is 0 Å². The molecule has 1 fully saturated rings. The van der Waals surface area contributed by atoms with Gasteiger partial charge in [0.2, 0.25) is 0 Å². The number of methoxy groups -OCH3 is 1. The molecule has 0 bridgehead atoms. The van der Waals surface area contributed by atoms with Crippen molar-refractivity contribution < 1.29 is 4.74 Å². The van der Waals surface area contributed by atoms with Crippen LogP contribution in [0, 0.1) is 13.8 Å². The highest BCUT2D eigenvalue weighted by Crippen LogP contribution is 2.24. The number of hydrogen-bond acceptors (Lipinski definition) is 3. The van der Waals surface area contributed by atoms with E-state index in [-0.39, 0.29) is 0 Å². The SMILES string of the molecule is COc1cc(C)c(CN(C)C2CCNC2)cc1C. The number of ether oxygens (including phenoxy) is 1. The van der Waals surface area contributed by atoms with Gasteiger partial charge in [0.05, 0.1) is 7.11 Å². The summed E-state index contributed by atoms with van der Waals surface area (Å²) < 4.78 is 5.36. The van der Waals surface area contributed by atoms with Crippen molar-refractivity contribution in [1.82, 2.24) is 10.2 Å². The first-order chi connectivity index (χ1) is 8.61. The summed E-state index contributed by atoms with van der Waals surface area (Å²) in [5.41, 5.74) is 3.94. The molecule has 0 amide bonds. The monoisotopic (exact) mass is 248 g/mol. The van der Waals surface area contributed by atoms with Crippen molar-refractivity contribution in [3.63, 3.8) is 0 Å². The van der Waals surface area contributed by atoms with Crippen molar-refractivity contribution in [2.45, 2.75) is 32.9 Å². The molecule has 1 saturated heterocycles. The predicted octanol–water partition coefficient (Wildman–Crippen LogP) is 2.11. The van der Waals surface area contributed by atoms with E-state index in [1.807, 2.05) is 0 Å². The lowest BCUT2D eigenvalue weighted by molar-refractivity contribution is 0.248. The van der Waals surface area contributed by atoms with Crippen LogP contribution in [-0.2, 0) is 6.54 Å². The van der Waals surface area contributed by atoms with Crippen molar-refractivity contribution in [2.75, 3.05) is 27.2 Å². The highest BCUT2D eigenvalue weighted by Gasteiger charge is 2.19. The fourth-order valence-corrected chi connectivity index (χ4v) is 2.65. The van der Waals surface area contributed by atoms with E-state index in [0.717, 1.165) is 25.4 Å². The van der Waals surface area contributed by atoms with E-state index in [2.05, 4.69) is 43.2 Å². The zero-order valence-corrected chi connectivity index (χ0v) is 11.9. The normalized spacial score (nSPS) is 19.5. The number of nitrogens with zero attached hydrogens (tertiary/aromatic N) is 1. The van der Waals surface area contributed by atoms with E-state index in [1.165, 1.54) is 23.1 Å². The number of benzene rings is 1. The molecule has 3 nitrogen and oxygen atoms in total. The van der Waals surface area contributed by atoms with Crippen LogP contribution in [0.3, 0.4) is 0 Å². The molecule has 1 unspecified atom stereocenters. The summed E-state index contributed by atoms with van der Waals surface area (Å²) in [6, 6.07) is 5.07. The number of likely N-dealkylation sites (N-methyl/N-ethyl adjacent to an activating group) is 1. The van der Waals surface area contributed by atoms with Crippen molar-refractivity contribution in [2.24, 2.45) is 0 Å². The Kier molecular flexibility index (Phi) is 4.25. The molecule has 2 rings (SSSR count). The summed E-state index contributed by atoms with van der Waals surface area (Å²) in [5.74, 6) is 0.987. The molecular formula is C15H24N2O. The minimum absolute atomic E-state index is 0.673.